The number of hydrogen-bond donors (Lipinski definition) is 1. The van der Waals surface area contributed by atoms with E-state index >= 15 is 0 Å². The van der Waals surface area contributed by atoms with Crippen molar-refractivity contribution in [1.29, 1.82) is 0 Å². The number of hydrogen-bond acceptors (Lipinski definition) is 7. The molecular weight excluding hydrogens is 282 g/mol. The predicted molar refractivity (Wildman–Crippen MR) is 74.3 cm³/mol. The van der Waals surface area contributed by atoms with Crippen LogP contribution in [0.25, 0.3) is 10.8 Å². The van der Waals surface area contributed by atoms with Crippen LogP contribution in [-0.2, 0) is 5.75 Å². The minimum atomic E-state index is 0.643. The van der Waals surface area contributed by atoms with Crippen LogP contribution in [0.5, 0.6) is 0 Å². The van der Waals surface area contributed by atoms with E-state index in [2.05, 4.69) is 15.2 Å². The Balaban J connectivity index is 1.69. The molecule has 2 N–H and O–H groups in total. The molecule has 3 rings (SSSR count). The second kappa shape index (κ2) is 5.06. The molecule has 0 radical (unpaired) electrons. The number of nitrogen functional groups attached to an aromatic ring is 1. The van der Waals surface area contributed by atoms with Gasteiger partial charge in [0.25, 0.3) is 0 Å². The number of thiophene rings is 1. The van der Waals surface area contributed by atoms with Gasteiger partial charge in [-0.3, -0.25) is 0 Å². The number of nitrogens with two attached hydrogens (primary N) is 1. The van der Waals surface area contributed by atoms with E-state index in [1.54, 1.807) is 17.6 Å². The molecule has 0 aliphatic heterocycles. The molecule has 0 aliphatic rings. The average molecular weight is 293 g/mol. The lowest BCUT2D eigenvalue weighted by atomic mass is 10.5. The lowest BCUT2D eigenvalue weighted by Crippen LogP contribution is -2.11. The van der Waals surface area contributed by atoms with Crippen molar-refractivity contribution in [3.63, 3.8) is 0 Å². The van der Waals surface area contributed by atoms with Gasteiger partial charge in [-0.15, -0.1) is 21.5 Å². The first kappa shape index (κ1) is 12.2. The van der Waals surface area contributed by atoms with E-state index in [1.165, 1.54) is 16.4 Å². The van der Waals surface area contributed by atoms with Gasteiger partial charge < -0.3 is 10.3 Å². The maximum atomic E-state index is 5.78. The van der Waals surface area contributed by atoms with Crippen LogP contribution >= 0.6 is 23.1 Å². The summed E-state index contributed by atoms with van der Waals surface area (Å²) in [5.41, 5.74) is 0.856. The minimum Gasteiger partial charge on any atom is -0.444 e. The molecule has 3 aromatic heterocycles. The third-order valence-corrected chi connectivity index (χ3v) is 4.30. The van der Waals surface area contributed by atoms with Crippen molar-refractivity contribution in [3.8, 4) is 10.8 Å². The van der Waals surface area contributed by atoms with Crippen molar-refractivity contribution in [2.75, 3.05) is 5.84 Å². The number of rotatable bonds is 4. The zero-order valence-corrected chi connectivity index (χ0v) is 11.7. The second-order valence-corrected chi connectivity index (χ2v) is 5.70. The zero-order valence-electron chi connectivity index (χ0n) is 10.1. The lowest BCUT2D eigenvalue weighted by molar-refractivity contribution is 0.575. The molecule has 0 bridgehead atoms. The van der Waals surface area contributed by atoms with E-state index in [0.717, 1.165) is 10.6 Å². The van der Waals surface area contributed by atoms with Crippen LogP contribution in [0.2, 0.25) is 0 Å². The summed E-state index contributed by atoms with van der Waals surface area (Å²) in [7, 11) is 0. The average Bonchev–Trinajstić information content (AvgIpc) is 3.11. The standard InChI is InChI=1S/C11H11N5OS2/c1-7-14-15-11(16(7)12)19-6-8-5-17-10(13-8)9-3-2-4-18-9/h2-5H,6,12H2,1H3. The van der Waals surface area contributed by atoms with Gasteiger partial charge in [0.15, 0.2) is 0 Å². The Bertz CT molecular complexity index is 673. The summed E-state index contributed by atoms with van der Waals surface area (Å²) in [6.45, 7) is 1.81. The molecule has 0 amide bonds. The molecule has 8 heteroatoms. The summed E-state index contributed by atoms with van der Waals surface area (Å²) in [5, 5.41) is 10.5. The number of nitrogens with zero attached hydrogens (tertiary/aromatic N) is 4. The highest BCUT2D eigenvalue weighted by molar-refractivity contribution is 7.98. The quantitative estimate of drug-likeness (QED) is 0.587. The third kappa shape index (κ3) is 2.49. The lowest BCUT2D eigenvalue weighted by Gasteiger charge is -1.98. The van der Waals surface area contributed by atoms with Crippen LogP contribution in [0, 0.1) is 6.92 Å². The fourth-order valence-electron chi connectivity index (χ4n) is 1.47. The number of aryl methyl sites for hydroxylation is 1. The van der Waals surface area contributed by atoms with Crippen LogP contribution in [0.4, 0.5) is 0 Å². The van der Waals surface area contributed by atoms with Crippen LogP contribution in [0.15, 0.2) is 33.3 Å². The summed E-state index contributed by atoms with van der Waals surface area (Å²) in [6, 6.07) is 3.95. The van der Waals surface area contributed by atoms with Crippen molar-refractivity contribution in [2.45, 2.75) is 17.8 Å². The highest BCUT2D eigenvalue weighted by Gasteiger charge is 2.10. The molecule has 6 nitrogen and oxygen atoms in total. The predicted octanol–water partition coefficient (Wildman–Crippen LogP) is 2.31. The van der Waals surface area contributed by atoms with Gasteiger partial charge in [0.2, 0.25) is 11.0 Å². The maximum absolute atomic E-state index is 5.78. The van der Waals surface area contributed by atoms with Gasteiger partial charge in [-0.1, -0.05) is 17.8 Å². The zero-order chi connectivity index (χ0) is 13.2. The van der Waals surface area contributed by atoms with Crippen molar-refractivity contribution >= 4 is 23.1 Å². The monoisotopic (exact) mass is 293 g/mol. The van der Waals surface area contributed by atoms with Crippen molar-refractivity contribution in [3.05, 3.63) is 35.3 Å². The SMILES string of the molecule is Cc1nnc(SCc2coc(-c3cccs3)n2)n1N. The molecule has 0 saturated carbocycles. The van der Waals surface area contributed by atoms with E-state index in [0.29, 0.717) is 22.6 Å². The largest absolute Gasteiger partial charge is 0.444 e. The smallest absolute Gasteiger partial charge is 0.236 e. The molecule has 3 heterocycles. The normalized spacial score (nSPS) is 11.0. The van der Waals surface area contributed by atoms with Crippen LogP contribution in [0.3, 0.4) is 0 Å². The molecule has 98 valence electrons. The molecule has 0 saturated heterocycles. The minimum absolute atomic E-state index is 0.643. The van der Waals surface area contributed by atoms with E-state index in [-0.39, 0.29) is 0 Å². The van der Waals surface area contributed by atoms with Crippen LogP contribution < -0.4 is 5.84 Å². The summed E-state index contributed by atoms with van der Waals surface area (Å²) in [4.78, 5) is 5.45. The fraction of sp³-hybridized carbons (Fsp3) is 0.182. The maximum Gasteiger partial charge on any atom is 0.236 e. The van der Waals surface area contributed by atoms with E-state index in [4.69, 9.17) is 10.3 Å². The van der Waals surface area contributed by atoms with Crippen LogP contribution in [-0.4, -0.2) is 19.9 Å². The third-order valence-electron chi connectivity index (χ3n) is 2.47. The van der Waals surface area contributed by atoms with Gasteiger partial charge in [-0.25, -0.2) is 9.66 Å². The van der Waals surface area contributed by atoms with E-state index in [1.807, 2.05) is 24.4 Å². The Morgan fingerprint density at radius 2 is 2.37 bits per heavy atom. The molecule has 0 spiro atoms. The Kier molecular flexibility index (Phi) is 3.26. The van der Waals surface area contributed by atoms with E-state index < -0.39 is 0 Å². The number of oxazole rings is 1. The Hall–Kier alpha value is -1.80. The van der Waals surface area contributed by atoms with Gasteiger partial charge in [0.05, 0.1) is 10.6 Å². The second-order valence-electron chi connectivity index (χ2n) is 3.81. The Labute approximate surface area is 117 Å². The highest BCUT2D eigenvalue weighted by Crippen LogP contribution is 2.26. The first-order valence-corrected chi connectivity index (χ1v) is 7.39. The van der Waals surface area contributed by atoms with Gasteiger partial charge >= 0.3 is 0 Å². The van der Waals surface area contributed by atoms with Crippen molar-refractivity contribution < 1.29 is 4.42 Å². The summed E-state index contributed by atoms with van der Waals surface area (Å²) < 4.78 is 6.91. The molecule has 0 atom stereocenters. The molecule has 3 aromatic rings. The Morgan fingerprint density at radius 3 is 3.05 bits per heavy atom. The fourth-order valence-corrected chi connectivity index (χ4v) is 2.91. The van der Waals surface area contributed by atoms with Crippen LogP contribution in [0.1, 0.15) is 11.5 Å². The molecule has 0 fully saturated rings. The van der Waals surface area contributed by atoms with E-state index in [9.17, 15) is 0 Å². The number of thioether (sulfide) groups is 1. The first-order chi connectivity index (χ1) is 9.24. The topological polar surface area (TPSA) is 82.8 Å². The van der Waals surface area contributed by atoms with Gasteiger partial charge in [-0.2, -0.15) is 0 Å². The summed E-state index contributed by atoms with van der Waals surface area (Å²) >= 11 is 3.08. The molecule has 0 unspecified atom stereocenters. The van der Waals surface area contributed by atoms with Crippen molar-refractivity contribution in [2.24, 2.45) is 0 Å². The Morgan fingerprint density at radius 1 is 1.47 bits per heavy atom. The molecule has 0 aromatic carbocycles. The summed E-state index contributed by atoms with van der Waals surface area (Å²) in [6.07, 6.45) is 1.66. The van der Waals surface area contributed by atoms with Gasteiger partial charge in [0.1, 0.15) is 12.1 Å². The summed E-state index contributed by atoms with van der Waals surface area (Å²) in [5.74, 6) is 7.75. The molecule has 19 heavy (non-hydrogen) atoms. The molecule has 0 aliphatic carbocycles. The van der Waals surface area contributed by atoms with Gasteiger partial charge in [0, 0.05) is 5.75 Å². The highest BCUT2D eigenvalue weighted by atomic mass is 32.2. The molecular formula is C11H11N5OS2. The number of aromatic nitrogens is 4. The van der Waals surface area contributed by atoms with Crippen molar-refractivity contribution in [1.82, 2.24) is 19.9 Å². The first-order valence-electron chi connectivity index (χ1n) is 5.52. The van der Waals surface area contributed by atoms with Gasteiger partial charge in [-0.05, 0) is 18.4 Å².